The van der Waals surface area contributed by atoms with Gasteiger partial charge >= 0.3 is 0 Å². The van der Waals surface area contributed by atoms with Crippen LogP contribution in [0.25, 0.3) is 4.85 Å². The number of rotatable bonds is 18. The highest BCUT2D eigenvalue weighted by atomic mass is 31.2. The van der Waals surface area contributed by atoms with Gasteiger partial charge in [-0.2, -0.15) is 10.2 Å². The second kappa shape index (κ2) is 18.5. The zero-order valence-electron chi connectivity index (χ0n) is 24.8. The third-order valence-corrected chi connectivity index (χ3v) is 8.09. The Hall–Kier alpha value is -2.89. The first-order chi connectivity index (χ1) is 19.2. The van der Waals surface area contributed by atoms with Crippen molar-refractivity contribution >= 4 is 31.5 Å². The highest BCUT2D eigenvalue weighted by molar-refractivity contribution is 7.44. The van der Waals surface area contributed by atoms with E-state index in [-0.39, 0.29) is 5.91 Å². The topological polar surface area (TPSA) is 83.1 Å². The summed E-state index contributed by atoms with van der Waals surface area (Å²) in [5, 5.41) is 11.5. The number of carbonyl (C=O) groups is 1. The number of anilines is 1. The van der Waals surface area contributed by atoms with E-state index in [1.807, 2.05) is 43.3 Å². The van der Waals surface area contributed by atoms with Gasteiger partial charge in [-0.05, 0) is 89.1 Å². The molecule has 0 radical (unpaired) electrons. The van der Waals surface area contributed by atoms with Crippen LogP contribution in [-0.2, 0) is 9.05 Å². The van der Waals surface area contributed by atoms with Crippen molar-refractivity contribution in [3.05, 3.63) is 65.5 Å². The van der Waals surface area contributed by atoms with Gasteiger partial charge in [-0.3, -0.25) is 4.79 Å². The first-order valence-electron chi connectivity index (χ1n) is 14.0. The normalized spacial score (nSPS) is 12.3. The van der Waals surface area contributed by atoms with E-state index in [1.165, 1.54) is 0 Å². The van der Waals surface area contributed by atoms with E-state index in [2.05, 4.69) is 52.8 Å². The summed E-state index contributed by atoms with van der Waals surface area (Å²) in [6, 6.07) is 15.6. The number of azo groups is 1. The predicted molar refractivity (Wildman–Crippen MR) is 165 cm³/mol. The molecule has 9 nitrogen and oxygen atoms in total. The molecule has 0 aromatic heterocycles. The van der Waals surface area contributed by atoms with Crippen LogP contribution < -0.4 is 10.2 Å². The van der Waals surface area contributed by atoms with Crippen molar-refractivity contribution in [3.8, 4) is 0 Å². The lowest BCUT2D eigenvalue weighted by atomic mass is 10.2. The van der Waals surface area contributed by atoms with Crippen molar-refractivity contribution < 1.29 is 13.8 Å². The lowest BCUT2D eigenvalue weighted by Gasteiger charge is -2.35. The monoisotopic (exact) mass is 568 g/mol. The van der Waals surface area contributed by atoms with Crippen LogP contribution in [0.15, 0.2) is 58.8 Å². The number of nitrogens with one attached hydrogen (secondary N) is 1. The summed E-state index contributed by atoms with van der Waals surface area (Å²) in [5.41, 5.74) is 3.18. The molecule has 218 valence electrons. The van der Waals surface area contributed by atoms with Crippen molar-refractivity contribution in [2.75, 3.05) is 45.3 Å². The fourth-order valence-corrected chi connectivity index (χ4v) is 5.57. The SMILES string of the molecule is [C-]#[N+]CCOP(OCCCCCCNC(=O)c1ccc(N=Nc2ccc(N(C)C)cc2)cc1)N(C(C)C)C(C)C. The third-order valence-electron chi connectivity index (χ3n) is 5.99. The summed E-state index contributed by atoms with van der Waals surface area (Å²) in [7, 11) is 2.81. The second-order valence-corrected chi connectivity index (χ2v) is 11.6. The average Bonchev–Trinajstić information content (AvgIpc) is 2.93. The molecule has 2 rings (SSSR count). The minimum atomic E-state index is -1.18. The Kier molecular flexibility index (Phi) is 15.4. The average molecular weight is 569 g/mol. The number of unbranched alkanes of at least 4 members (excludes halogenated alkanes) is 3. The van der Waals surface area contributed by atoms with Gasteiger partial charge in [0.1, 0.15) is 6.61 Å². The van der Waals surface area contributed by atoms with Gasteiger partial charge in [0.25, 0.3) is 14.4 Å². The van der Waals surface area contributed by atoms with E-state index in [1.54, 1.807) is 24.3 Å². The fraction of sp³-hybridized carbons (Fsp3) is 0.533. The van der Waals surface area contributed by atoms with E-state index >= 15 is 0 Å². The molecule has 0 saturated carbocycles. The largest absolute Gasteiger partial charge is 0.378 e. The molecule has 2 aromatic carbocycles. The Bertz CT molecular complexity index is 1060. The molecular weight excluding hydrogens is 523 g/mol. The minimum Gasteiger partial charge on any atom is -0.378 e. The molecule has 0 aliphatic carbocycles. The smallest absolute Gasteiger partial charge is 0.259 e. The molecule has 0 aliphatic heterocycles. The van der Waals surface area contributed by atoms with E-state index < -0.39 is 8.53 Å². The van der Waals surface area contributed by atoms with Crippen molar-refractivity contribution in [2.45, 2.75) is 65.5 Å². The van der Waals surface area contributed by atoms with Gasteiger partial charge in [-0.1, -0.05) is 12.8 Å². The maximum atomic E-state index is 12.5. The molecule has 0 spiro atoms. The van der Waals surface area contributed by atoms with Crippen LogP contribution in [-0.4, -0.2) is 63.1 Å². The molecule has 1 N–H and O–H groups in total. The molecule has 1 atom stereocenters. The van der Waals surface area contributed by atoms with Gasteiger partial charge in [0.05, 0.1) is 18.0 Å². The van der Waals surface area contributed by atoms with Gasteiger partial charge < -0.3 is 24.1 Å². The van der Waals surface area contributed by atoms with E-state index in [0.717, 1.165) is 37.1 Å². The summed E-state index contributed by atoms with van der Waals surface area (Å²) in [5.74, 6) is -0.0873. The lowest BCUT2D eigenvalue weighted by Crippen LogP contribution is -2.33. The molecule has 0 aliphatic rings. The van der Waals surface area contributed by atoms with Crippen LogP contribution in [0.5, 0.6) is 0 Å². The number of carbonyl (C=O) groups excluding carboxylic acids is 1. The molecule has 1 unspecified atom stereocenters. The quantitative estimate of drug-likeness (QED) is 0.0860. The molecule has 0 fully saturated rings. The van der Waals surface area contributed by atoms with Gasteiger partial charge in [-0.15, -0.1) is 0 Å². The lowest BCUT2D eigenvalue weighted by molar-refractivity contribution is 0.0952. The van der Waals surface area contributed by atoms with Crippen LogP contribution in [0.2, 0.25) is 0 Å². The van der Waals surface area contributed by atoms with Crippen molar-refractivity contribution in [3.63, 3.8) is 0 Å². The zero-order valence-corrected chi connectivity index (χ0v) is 25.7. The van der Waals surface area contributed by atoms with Gasteiger partial charge in [0.2, 0.25) is 6.54 Å². The van der Waals surface area contributed by atoms with Crippen molar-refractivity contribution in [1.29, 1.82) is 0 Å². The first-order valence-corrected chi connectivity index (χ1v) is 15.1. The van der Waals surface area contributed by atoms with Crippen LogP contribution in [0, 0.1) is 6.57 Å². The second-order valence-electron chi connectivity index (χ2n) is 10.2. The fourth-order valence-electron chi connectivity index (χ4n) is 3.95. The van der Waals surface area contributed by atoms with Crippen LogP contribution in [0.4, 0.5) is 17.1 Å². The summed E-state index contributed by atoms with van der Waals surface area (Å²) >= 11 is 0. The van der Waals surface area contributed by atoms with Crippen molar-refractivity contribution in [2.24, 2.45) is 10.2 Å². The zero-order chi connectivity index (χ0) is 29.3. The standard InChI is InChI=1S/C30H45N6O3P/c1-24(2)36(25(3)4)40(39-23-21-31-5)38-22-11-9-8-10-20-32-30(37)26-12-14-27(15-13-26)33-34-28-16-18-29(19-17-28)35(6)7/h12-19,24-25H,8-11,20-23H2,1-4,6-7H3,(H,32,37). The van der Waals surface area contributed by atoms with Gasteiger partial charge in [0.15, 0.2) is 0 Å². The van der Waals surface area contributed by atoms with Gasteiger partial charge in [-0.25, -0.2) is 11.2 Å². The summed E-state index contributed by atoms with van der Waals surface area (Å²) in [6.07, 6.45) is 3.86. The molecule has 10 heteroatoms. The van der Waals surface area contributed by atoms with E-state index in [0.29, 0.717) is 49.6 Å². The third kappa shape index (κ3) is 12.1. The highest BCUT2D eigenvalue weighted by Crippen LogP contribution is 2.45. The van der Waals surface area contributed by atoms with Crippen LogP contribution in [0.1, 0.15) is 63.7 Å². The Morgan fingerprint density at radius 3 is 1.98 bits per heavy atom. The Labute approximate surface area is 241 Å². The Morgan fingerprint density at radius 1 is 0.875 bits per heavy atom. The summed E-state index contributed by atoms with van der Waals surface area (Å²) < 4.78 is 14.3. The minimum absolute atomic E-state index is 0.0873. The van der Waals surface area contributed by atoms with Gasteiger partial charge in [0, 0.05) is 44.0 Å². The maximum absolute atomic E-state index is 12.5. The van der Waals surface area contributed by atoms with Crippen LogP contribution in [0.3, 0.4) is 0 Å². The molecule has 2 aromatic rings. The Morgan fingerprint density at radius 2 is 1.43 bits per heavy atom. The predicted octanol–water partition coefficient (Wildman–Crippen LogP) is 7.76. The summed E-state index contributed by atoms with van der Waals surface area (Å²) in [4.78, 5) is 17.9. The first kappa shape index (κ1) is 33.3. The molecule has 0 heterocycles. The van der Waals surface area contributed by atoms with Crippen LogP contribution >= 0.6 is 8.53 Å². The summed E-state index contributed by atoms with van der Waals surface area (Å²) in [6.45, 7) is 17.5. The number of hydrogen-bond donors (Lipinski definition) is 1. The van der Waals surface area contributed by atoms with E-state index in [4.69, 9.17) is 15.6 Å². The molecule has 0 saturated heterocycles. The van der Waals surface area contributed by atoms with E-state index in [9.17, 15) is 4.79 Å². The number of hydrogen-bond acceptors (Lipinski definition) is 7. The highest BCUT2D eigenvalue weighted by Gasteiger charge is 2.27. The maximum Gasteiger partial charge on any atom is 0.259 e. The number of benzene rings is 2. The molecular formula is C30H45N6O3P. The number of nitrogens with zero attached hydrogens (tertiary/aromatic N) is 5. The molecule has 0 bridgehead atoms. The van der Waals surface area contributed by atoms with Crippen molar-refractivity contribution in [1.82, 2.24) is 9.99 Å². The molecule has 40 heavy (non-hydrogen) atoms. The molecule has 1 amide bonds. The Balaban J connectivity index is 1.67. The number of amides is 1.